The minimum absolute atomic E-state index is 0.209. The summed E-state index contributed by atoms with van der Waals surface area (Å²) in [5, 5.41) is 9.24. The Morgan fingerprint density at radius 1 is 1.03 bits per heavy atom. The highest BCUT2D eigenvalue weighted by Crippen LogP contribution is 2.36. The zero-order chi connectivity index (χ0) is 21.1. The van der Waals surface area contributed by atoms with Gasteiger partial charge in [0.1, 0.15) is 17.2 Å². The molecular formula is C22H16FN7S. The Labute approximate surface area is 179 Å². The van der Waals surface area contributed by atoms with Gasteiger partial charge in [0, 0.05) is 34.5 Å². The lowest BCUT2D eigenvalue weighted by Gasteiger charge is -2.03. The number of nitrogens with zero attached hydrogens (tertiary/aromatic N) is 5. The van der Waals surface area contributed by atoms with Crippen molar-refractivity contribution in [3.8, 4) is 33.2 Å². The molecule has 0 aliphatic rings. The standard InChI is InChI=1S/C22H16FN7S/c1-11-25-10-18(30(11)2)15-8-14-17(9-26-15)28-29-21(14)16-7-13-12(5-6-24-22(13)27-16)19-3-4-20(23)31-19/h3-10H,1-2H3,(H,24,27)(H,28,29). The summed E-state index contributed by atoms with van der Waals surface area (Å²) in [6.45, 7) is 1.96. The molecule has 6 aromatic rings. The predicted molar refractivity (Wildman–Crippen MR) is 119 cm³/mol. The highest BCUT2D eigenvalue weighted by atomic mass is 32.1. The van der Waals surface area contributed by atoms with Crippen LogP contribution < -0.4 is 0 Å². The molecule has 6 aromatic heterocycles. The normalized spacial score (nSPS) is 11.7. The maximum atomic E-state index is 13.6. The molecule has 0 aromatic carbocycles. The van der Waals surface area contributed by atoms with E-state index in [-0.39, 0.29) is 5.13 Å². The van der Waals surface area contributed by atoms with E-state index in [9.17, 15) is 4.39 Å². The average Bonchev–Trinajstić information content (AvgIpc) is 3.54. The molecule has 7 nitrogen and oxygen atoms in total. The van der Waals surface area contributed by atoms with Crippen LogP contribution in [0.15, 0.2) is 48.9 Å². The van der Waals surface area contributed by atoms with Gasteiger partial charge in [-0.2, -0.15) is 9.49 Å². The molecule has 0 fully saturated rings. The third kappa shape index (κ3) is 2.77. The van der Waals surface area contributed by atoms with Crippen LogP contribution in [0.1, 0.15) is 5.82 Å². The SMILES string of the molecule is Cc1ncc(-c2cc3c(-c4cc5c(-c6ccc(F)s6)ccnc5[nH]4)n[nH]c3cn2)n1C. The lowest BCUT2D eigenvalue weighted by molar-refractivity contribution is 0.657. The maximum absolute atomic E-state index is 13.6. The summed E-state index contributed by atoms with van der Waals surface area (Å²) in [5.74, 6) is 0.920. The summed E-state index contributed by atoms with van der Waals surface area (Å²) in [6.07, 6.45) is 5.33. The summed E-state index contributed by atoms with van der Waals surface area (Å²) in [4.78, 5) is 17.6. The quantitative estimate of drug-likeness (QED) is 0.411. The number of imidazole rings is 1. The van der Waals surface area contributed by atoms with Crippen LogP contribution in [0.3, 0.4) is 0 Å². The second-order valence-corrected chi connectivity index (χ2v) is 8.38. The number of rotatable bonds is 3. The number of fused-ring (bicyclic) bond motifs is 2. The fourth-order valence-electron chi connectivity index (χ4n) is 3.83. The van der Waals surface area contributed by atoms with E-state index in [2.05, 4.69) is 30.1 Å². The number of halogens is 1. The molecule has 0 saturated heterocycles. The number of hydrogen-bond donors (Lipinski definition) is 2. The van der Waals surface area contributed by atoms with Gasteiger partial charge >= 0.3 is 0 Å². The van der Waals surface area contributed by atoms with Gasteiger partial charge in [-0.3, -0.25) is 10.1 Å². The van der Waals surface area contributed by atoms with Gasteiger partial charge in [0.15, 0.2) is 5.13 Å². The van der Waals surface area contributed by atoms with Crippen molar-refractivity contribution in [2.45, 2.75) is 6.92 Å². The van der Waals surface area contributed by atoms with Gasteiger partial charge in [0.25, 0.3) is 0 Å². The van der Waals surface area contributed by atoms with Crippen LogP contribution in [0, 0.1) is 12.1 Å². The summed E-state index contributed by atoms with van der Waals surface area (Å²) < 4.78 is 15.6. The van der Waals surface area contributed by atoms with Crippen molar-refractivity contribution in [2.24, 2.45) is 7.05 Å². The van der Waals surface area contributed by atoms with Crippen molar-refractivity contribution in [1.82, 2.24) is 34.7 Å². The highest BCUT2D eigenvalue weighted by Gasteiger charge is 2.17. The number of hydrogen-bond acceptors (Lipinski definition) is 5. The van der Waals surface area contributed by atoms with Gasteiger partial charge in [-0.05, 0) is 37.3 Å². The largest absolute Gasteiger partial charge is 0.338 e. The minimum Gasteiger partial charge on any atom is -0.338 e. The first-order valence-electron chi connectivity index (χ1n) is 9.65. The van der Waals surface area contributed by atoms with Crippen LogP contribution in [0.2, 0.25) is 0 Å². The van der Waals surface area contributed by atoms with Crippen molar-refractivity contribution in [1.29, 1.82) is 0 Å². The Kier molecular flexibility index (Phi) is 3.81. The Hall–Kier alpha value is -3.85. The molecule has 0 atom stereocenters. The van der Waals surface area contributed by atoms with E-state index in [1.165, 1.54) is 6.07 Å². The monoisotopic (exact) mass is 429 g/mol. The molecule has 2 N–H and O–H groups in total. The van der Waals surface area contributed by atoms with E-state index in [4.69, 9.17) is 0 Å². The first-order valence-corrected chi connectivity index (χ1v) is 10.5. The molecule has 0 aliphatic heterocycles. The van der Waals surface area contributed by atoms with E-state index in [0.29, 0.717) is 0 Å². The molecule has 9 heteroatoms. The molecule has 0 radical (unpaired) electrons. The average molecular weight is 429 g/mol. The Morgan fingerprint density at radius 3 is 2.71 bits per heavy atom. The van der Waals surface area contributed by atoms with Crippen molar-refractivity contribution >= 4 is 33.3 Å². The summed E-state index contributed by atoms with van der Waals surface area (Å²) in [5.41, 5.74) is 5.87. The lowest BCUT2D eigenvalue weighted by Crippen LogP contribution is -1.95. The van der Waals surface area contributed by atoms with Gasteiger partial charge in [-0.25, -0.2) is 9.97 Å². The van der Waals surface area contributed by atoms with Crippen LogP contribution in [-0.2, 0) is 7.05 Å². The van der Waals surface area contributed by atoms with E-state index in [1.807, 2.05) is 42.9 Å². The topological polar surface area (TPSA) is 88.1 Å². The van der Waals surface area contributed by atoms with Gasteiger partial charge in [0.05, 0.1) is 35.0 Å². The van der Waals surface area contributed by atoms with Crippen LogP contribution in [0.5, 0.6) is 0 Å². The molecule has 6 rings (SSSR count). The maximum Gasteiger partial charge on any atom is 0.176 e. The number of H-pyrrole nitrogens is 2. The fourth-order valence-corrected chi connectivity index (χ4v) is 4.60. The molecule has 0 spiro atoms. The number of aromatic amines is 2. The van der Waals surface area contributed by atoms with Crippen LogP contribution in [0.4, 0.5) is 4.39 Å². The molecule has 0 aliphatic carbocycles. The Balaban J connectivity index is 1.52. The Bertz CT molecular complexity index is 1590. The molecule has 31 heavy (non-hydrogen) atoms. The highest BCUT2D eigenvalue weighted by molar-refractivity contribution is 7.14. The second-order valence-electron chi connectivity index (χ2n) is 7.34. The molecule has 0 saturated carbocycles. The zero-order valence-electron chi connectivity index (χ0n) is 16.6. The van der Waals surface area contributed by atoms with Crippen LogP contribution in [0.25, 0.3) is 55.2 Å². The van der Waals surface area contributed by atoms with E-state index >= 15 is 0 Å². The summed E-state index contributed by atoms with van der Waals surface area (Å²) in [7, 11) is 1.97. The van der Waals surface area contributed by atoms with E-state index in [1.54, 1.807) is 18.5 Å². The van der Waals surface area contributed by atoms with Gasteiger partial charge in [0.2, 0.25) is 0 Å². The van der Waals surface area contributed by atoms with Crippen LogP contribution in [-0.4, -0.2) is 34.7 Å². The molecule has 0 amide bonds. The fraction of sp³-hybridized carbons (Fsp3) is 0.0909. The van der Waals surface area contributed by atoms with Gasteiger partial charge in [-0.1, -0.05) is 0 Å². The second kappa shape index (κ2) is 6.58. The minimum atomic E-state index is -0.209. The smallest absolute Gasteiger partial charge is 0.176 e. The van der Waals surface area contributed by atoms with Gasteiger partial charge in [-0.15, -0.1) is 11.3 Å². The summed E-state index contributed by atoms with van der Waals surface area (Å²) >= 11 is 1.12. The van der Waals surface area contributed by atoms with Gasteiger partial charge < -0.3 is 9.55 Å². The van der Waals surface area contributed by atoms with Crippen molar-refractivity contribution in [3.63, 3.8) is 0 Å². The number of aryl methyl sites for hydroxylation is 1. The van der Waals surface area contributed by atoms with Crippen LogP contribution >= 0.6 is 11.3 Å². The first-order chi connectivity index (χ1) is 15.1. The molecular weight excluding hydrogens is 413 g/mol. The van der Waals surface area contributed by atoms with Crippen molar-refractivity contribution < 1.29 is 4.39 Å². The number of aromatic nitrogens is 7. The predicted octanol–water partition coefficient (Wildman–Crippen LogP) is 5.08. The van der Waals surface area contributed by atoms with E-state index in [0.717, 1.165) is 72.3 Å². The number of pyridine rings is 2. The lowest BCUT2D eigenvalue weighted by atomic mass is 10.1. The third-order valence-corrected chi connectivity index (χ3v) is 6.46. The molecule has 6 heterocycles. The summed E-state index contributed by atoms with van der Waals surface area (Å²) in [6, 6.07) is 9.20. The molecule has 152 valence electrons. The third-order valence-electron chi connectivity index (χ3n) is 5.56. The number of nitrogens with one attached hydrogen (secondary N) is 2. The first kappa shape index (κ1) is 18.0. The van der Waals surface area contributed by atoms with Crippen molar-refractivity contribution in [2.75, 3.05) is 0 Å². The Morgan fingerprint density at radius 2 is 1.94 bits per heavy atom. The zero-order valence-corrected chi connectivity index (χ0v) is 17.5. The van der Waals surface area contributed by atoms with E-state index < -0.39 is 0 Å². The van der Waals surface area contributed by atoms with Crippen molar-refractivity contribution in [3.05, 3.63) is 59.9 Å². The number of thiophene rings is 1. The molecule has 0 bridgehead atoms. The molecule has 0 unspecified atom stereocenters.